The Hall–Kier alpha value is -2.92. The molecular weight excluding hydrogens is 330 g/mol. The van der Waals surface area contributed by atoms with Gasteiger partial charge in [-0.15, -0.1) is 11.3 Å². The standard InChI is InChI=1S/C20H17N3OS/c1-14-13-25-20-22-18(12-23(14)20)16-8-5-9-17(11-16)21-19(24)10-15-6-3-2-4-7-15/h2-9,11-13H,10H2,1H3,(H,21,24). The lowest BCUT2D eigenvalue weighted by Gasteiger charge is -2.07. The molecule has 2 heterocycles. The molecule has 0 bridgehead atoms. The van der Waals surface area contributed by atoms with Gasteiger partial charge < -0.3 is 5.32 Å². The first kappa shape index (κ1) is 15.6. The normalized spacial score (nSPS) is 10.9. The Morgan fingerprint density at radius 3 is 2.80 bits per heavy atom. The van der Waals surface area contributed by atoms with E-state index in [0.717, 1.165) is 27.5 Å². The van der Waals surface area contributed by atoms with Crippen LogP contribution < -0.4 is 5.32 Å². The van der Waals surface area contributed by atoms with Crippen LogP contribution >= 0.6 is 11.3 Å². The van der Waals surface area contributed by atoms with Gasteiger partial charge in [-0.05, 0) is 24.6 Å². The minimum atomic E-state index is -0.0231. The minimum absolute atomic E-state index is 0.0231. The average Bonchev–Trinajstić information content (AvgIpc) is 3.18. The number of amides is 1. The largest absolute Gasteiger partial charge is 0.326 e. The molecule has 2 aromatic heterocycles. The molecule has 0 aliphatic rings. The molecule has 0 atom stereocenters. The zero-order chi connectivity index (χ0) is 17.2. The number of carbonyl (C=O) groups is 1. The number of anilines is 1. The third kappa shape index (κ3) is 3.32. The van der Waals surface area contributed by atoms with Crippen molar-refractivity contribution in [3.63, 3.8) is 0 Å². The van der Waals surface area contributed by atoms with E-state index < -0.39 is 0 Å². The molecule has 0 aliphatic heterocycles. The van der Waals surface area contributed by atoms with Crippen molar-refractivity contribution in [1.82, 2.24) is 9.38 Å². The van der Waals surface area contributed by atoms with E-state index in [2.05, 4.69) is 27.0 Å². The summed E-state index contributed by atoms with van der Waals surface area (Å²) in [6.07, 6.45) is 2.40. The number of nitrogens with one attached hydrogen (secondary N) is 1. The number of aryl methyl sites for hydroxylation is 1. The first-order valence-electron chi connectivity index (χ1n) is 8.06. The topological polar surface area (TPSA) is 46.4 Å². The highest BCUT2D eigenvalue weighted by Crippen LogP contribution is 2.25. The first-order valence-corrected chi connectivity index (χ1v) is 8.94. The maximum absolute atomic E-state index is 12.2. The Morgan fingerprint density at radius 2 is 2.00 bits per heavy atom. The quantitative estimate of drug-likeness (QED) is 0.588. The lowest BCUT2D eigenvalue weighted by molar-refractivity contribution is -0.115. The molecule has 4 rings (SSSR count). The van der Waals surface area contributed by atoms with E-state index in [1.807, 2.05) is 60.8 Å². The van der Waals surface area contributed by atoms with Crippen LogP contribution in [0.25, 0.3) is 16.2 Å². The van der Waals surface area contributed by atoms with Crippen LogP contribution in [0.5, 0.6) is 0 Å². The molecule has 0 fully saturated rings. The lowest BCUT2D eigenvalue weighted by Crippen LogP contribution is -2.14. The van der Waals surface area contributed by atoms with Crippen LogP contribution in [0, 0.1) is 6.92 Å². The highest BCUT2D eigenvalue weighted by atomic mass is 32.1. The van der Waals surface area contributed by atoms with E-state index in [-0.39, 0.29) is 5.91 Å². The van der Waals surface area contributed by atoms with Gasteiger partial charge in [-0.25, -0.2) is 4.98 Å². The number of carbonyl (C=O) groups excluding carboxylic acids is 1. The predicted molar refractivity (Wildman–Crippen MR) is 102 cm³/mol. The molecule has 124 valence electrons. The van der Waals surface area contributed by atoms with Gasteiger partial charge in [0.05, 0.1) is 12.1 Å². The summed E-state index contributed by atoms with van der Waals surface area (Å²) < 4.78 is 2.08. The number of aromatic nitrogens is 2. The van der Waals surface area contributed by atoms with E-state index in [4.69, 9.17) is 0 Å². The number of rotatable bonds is 4. The number of nitrogens with zero attached hydrogens (tertiary/aromatic N) is 2. The molecule has 1 amide bonds. The fraction of sp³-hybridized carbons (Fsp3) is 0.100. The highest BCUT2D eigenvalue weighted by molar-refractivity contribution is 7.15. The molecule has 25 heavy (non-hydrogen) atoms. The Labute approximate surface area is 149 Å². The van der Waals surface area contributed by atoms with Gasteiger partial charge in [-0.1, -0.05) is 42.5 Å². The van der Waals surface area contributed by atoms with Crippen LogP contribution in [0.2, 0.25) is 0 Å². The molecule has 0 radical (unpaired) electrons. The molecule has 1 N–H and O–H groups in total. The van der Waals surface area contributed by atoms with Crippen molar-refractivity contribution in [3.8, 4) is 11.3 Å². The molecule has 5 heteroatoms. The van der Waals surface area contributed by atoms with Gasteiger partial charge in [0, 0.05) is 28.5 Å². The van der Waals surface area contributed by atoms with Gasteiger partial charge >= 0.3 is 0 Å². The minimum Gasteiger partial charge on any atom is -0.326 e. The number of benzene rings is 2. The summed E-state index contributed by atoms with van der Waals surface area (Å²) in [5, 5.41) is 5.06. The molecule has 0 saturated heterocycles. The van der Waals surface area contributed by atoms with E-state index in [1.54, 1.807) is 11.3 Å². The zero-order valence-corrected chi connectivity index (χ0v) is 14.6. The van der Waals surface area contributed by atoms with Crippen LogP contribution in [0.15, 0.2) is 66.2 Å². The maximum atomic E-state index is 12.2. The van der Waals surface area contributed by atoms with Crippen molar-refractivity contribution in [2.75, 3.05) is 5.32 Å². The summed E-state index contributed by atoms with van der Waals surface area (Å²) in [7, 11) is 0. The van der Waals surface area contributed by atoms with Gasteiger partial charge in [0.25, 0.3) is 0 Å². The van der Waals surface area contributed by atoms with Gasteiger partial charge in [0.1, 0.15) is 0 Å². The number of hydrogen-bond acceptors (Lipinski definition) is 3. The highest BCUT2D eigenvalue weighted by Gasteiger charge is 2.09. The van der Waals surface area contributed by atoms with Crippen LogP contribution in [-0.4, -0.2) is 15.3 Å². The van der Waals surface area contributed by atoms with Crippen LogP contribution in [0.3, 0.4) is 0 Å². The number of thiazole rings is 1. The first-order chi connectivity index (χ1) is 12.2. The number of fused-ring (bicyclic) bond motifs is 1. The van der Waals surface area contributed by atoms with Crippen molar-refractivity contribution < 1.29 is 4.79 Å². The second kappa shape index (κ2) is 6.53. The van der Waals surface area contributed by atoms with Gasteiger partial charge in [0.15, 0.2) is 4.96 Å². The Morgan fingerprint density at radius 1 is 1.16 bits per heavy atom. The number of imidazole rings is 1. The third-order valence-corrected chi connectivity index (χ3v) is 5.00. The van der Waals surface area contributed by atoms with Gasteiger partial charge in [-0.2, -0.15) is 0 Å². The molecule has 0 unspecified atom stereocenters. The molecule has 0 spiro atoms. The predicted octanol–water partition coefficient (Wildman–Crippen LogP) is 4.55. The van der Waals surface area contributed by atoms with Gasteiger partial charge in [0.2, 0.25) is 5.91 Å². The third-order valence-electron chi connectivity index (χ3n) is 4.04. The Bertz CT molecular complexity index is 1030. The van der Waals surface area contributed by atoms with Crippen molar-refractivity contribution in [3.05, 3.63) is 77.4 Å². The summed E-state index contributed by atoms with van der Waals surface area (Å²) >= 11 is 1.63. The Balaban J connectivity index is 1.53. The summed E-state index contributed by atoms with van der Waals surface area (Å²) in [4.78, 5) is 17.9. The summed E-state index contributed by atoms with van der Waals surface area (Å²) in [5.74, 6) is -0.0231. The summed E-state index contributed by atoms with van der Waals surface area (Å²) in [5.41, 5.74) is 4.86. The average molecular weight is 347 g/mol. The zero-order valence-electron chi connectivity index (χ0n) is 13.8. The molecular formula is C20H17N3OS. The van der Waals surface area contributed by atoms with Crippen molar-refractivity contribution in [2.24, 2.45) is 0 Å². The van der Waals surface area contributed by atoms with E-state index >= 15 is 0 Å². The molecule has 0 aliphatic carbocycles. The number of hydrogen-bond donors (Lipinski definition) is 1. The fourth-order valence-electron chi connectivity index (χ4n) is 2.78. The van der Waals surface area contributed by atoms with E-state index in [0.29, 0.717) is 6.42 Å². The molecule has 0 saturated carbocycles. The van der Waals surface area contributed by atoms with Crippen LogP contribution in [0.4, 0.5) is 5.69 Å². The molecule has 4 nitrogen and oxygen atoms in total. The van der Waals surface area contributed by atoms with Crippen LogP contribution in [0.1, 0.15) is 11.3 Å². The molecule has 4 aromatic rings. The fourth-order valence-corrected chi connectivity index (χ4v) is 3.63. The van der Waals surface area contributed by atoms with Crippen molar-refractivity contribution >= 4 is 27.9 Å². The second-order valence-electron chi connectivity index (χ2n) is 5.95. The summed E-state index contributed by atoms with van der Waals surface area (Å²) in [6, 6.07) is 17.5. The monoisotopic (exact) mass is 347 g/mol. The maximum Gasteiger partial charge on any atom is 0.228 e. The molecule has 2 aromatic carbocycles. The van der Waals surface area contributed by atoms with Crippen molar-refractivity contribution in [2.45, 2.75) is 13.3 Å². The lowest BCUT2D eigenvalue weighted by atomic mass is 10.1. The van der Waals surface area contributed by atoms with Crippen LogP contribution in [-0.2, 0) is 11.2 Å². The van der Waals surface area contributed by atoms with E-state index in [1.165, 1.54) is 5.69 Å². The van der Waals surface area contributed by atoms with E-state index in [9.17, 15) is 4.79 Å². The summed E-state index contributed by atoms with van der Waals surface area (Å²) in [6.45, 7) is 2.06. The SMILES string of the molecule is Cc1csc2nc(-c3cccc(NC(=O)Cc4ccccc4)c3)cn12. The smallest absolute Gasteiger partial charge is 0.228 e. The van der Waals surface area contributed by atoms with Crippen molar-refractivity contribution in [1.29, 1.82) is 0 Å². The van der Waals surface area contributed by atoms with Gasteiger partial charge in [-0.3, -0.25) is 9.20 Å². The Kier molecular flexibility index (Phi) is 4.07. The second-order valence-corrected chi connectivity index (χ2v) is 6.78.